The summed E-state index contributed by atoms with van der Waals surface area (Å²) in [5, 5.41) is 11.6. The lowest BCUT2D eigenvalue weighted by molar-refractivity contribution is 0.190. The van der Waals surface area contributed by atoms with Gasteiger partial charge in [-0.2, -0.15) is 0 Å². The van der Waals surface area contributed by atoms with E-state index in [0.717, 1.165) is 17.7 Å². The molecule has 2 amide bonds. The lowest BCUT2D eigenvalue weighted by atomic mass is 10.1. The predicted molar refractivity (Wildman–Crippen MR) is 79.0 cm³/mol. The third kappa shape index (κ3) is 5.93. The van der Waals surface area contributed by atoms with E-state index >= 15 is 0 Å². The summed E-state index contributed by atoms with van der Waals surface area (Å²) in [4.78, 5) is 13.0. The van der Waals surface area contributed by atoms with Crippen LogP contribution in [0.5, 0.6) is 5.75 Å². The summed E-state index contributed by atoms with van der Waals surface area (Å²) in [6.07, 6.45) is 0.933. The van der Waals surface area contributed by atoms with E-state index < -0.39 is 0 Å². The first-order valence-corrected chi connectivity index (χ1v) is 6.88. The number of urea groups is 1. The molecule has 0 heterocycles. The Kier molecular flexibility index (Phi) is 6.87. The maximum atomic E-state index is 11.6. The molecule has 0 aliphatic carbocycles. The van der Waals surface area contributed by atoms with Crippen molar-refractivity contribution in [3.05, 3.63) is 29.8 Å². The molecule has 1 aromatic rings. The van der Waals surface area contributed by atoms with Crippen molar-refractivity contribution in [3.63, 3.8) is 0 Å². The highest BCUT2D eigenvalue weighted by Crippen LogP contribution is 2.13. The van der Waals surface area contributed by atoms with E-state index in [1.54, 1.807) is 7.05 Å². The Morgan fingerprint density at radius 1 is 1.35 bits per heavy atom. The fourth-order valence-corrected chi connectivity index (χ4v) is 1.71. The zero-order valence-corrected chi connectivity index (χ0v) is 12.4. The smallest absolute Gasteiger partial charge is 0.317 e. The second-order valence-corrected chi connectivity index (χ2v) is 4.94. The fourth-order valence-electron chi connectivity index (χ4n) is 1.71. The van der Waals surface area contributed by atoms with Crippen LogP contribution in [0.4, 0.5) is 4.79 Å². The number of ether oxygens (including phenoxy) is 1. The normalized spacial score (nSPS) is 10.4. The second kappa shape index (κ2) is 8.43. The van der Waals surface area contributed by atoms with Crippen molar-refractivity contribution in [3.8, 4) is 5.75 Å². The Balaban J connectivity index is 2.33. The molecule has 112 valence electrons. The van der Waals surface area contributed by atoms with Crippen LogP contribution in [-0.4, -0.2) is 48.9 Å². The maximum Gasteiger partial charge on any atom is 0.317 e. The number of likely N-dealkylation sites (N-methyl/N-ethyl adjacent to an activating group) is 1. The molecule has 20 heavy (non-hydrogen) atoms. The summed E-state index contributed by atoms with van der Waals surface area (Å²) in [6, 6.07) is 7.71. The highest BCUT2D eigenvalue weighted by molar-refractivity contribution is 5.73. The Morgan fingerprint density at radius 3 is 2.55 bits per heavy atom. The van der Waals surface area contributed by atoms with Crippen molar-refractivity contribution < 1.29 is 14.6 Å². The Labute approximate surface area is 120 Å². The van der Waals surface area contributed by atoms with E-state index in [4.69, 9.17) is 9.84 Å². The molecule has 0 saturated heterocycles. The zero-order valence-electron chi connectivity index (χ0n) is 12.4. The van der Waals surface area contributed by atoms with Crippen molar-refractivity contribution in [1.29, 1.82) is 0 Å². The van der Waals surface area contributed by atoms with E-state index in [2.05, 4.69) is 5.32 Å². The van der Waals surface area contributed by atoms with Crippen LogP contribution < -0.4 is 10.1 Å². The van der Waals surface area contributed by atoms with Crippen LogP contribution >= 0.6 is 0 Å². The number of amides is 2. The Bertz CT molecular complexity index is 404. The summed E-state index contributed by atoms with van der Waals surface area (Å²) in [5.41, 5.74) is 1.14. The first kappa shape index (κ1) is 16.3. The average Bonchev–Trinajstić information content (AvgIpc) is 2.40. The minimum Gasteiger partial charge on any atom is -0.491 e. The molecule has 0 aromatic heterocycles. The van der Waals surface area contributed by atoms with Gasteiger partial charge in [-0.05, 0) is 38.0 Å². The van der Waals surface area contributed by atoms with Crippen molar-refractivity contribution in [2.75, 3.05) is 26.7 Å². The minimum atomic E-state index is -0.168. The fraction of sp³-hybridized carbons (Fsp3) is 0.533. The first-order chi connectivity index (χ1) is 9.52. The Hall–Kier alpha value is -1.75. The largest absolute Gasteiger partial charge is 0.491 e. The average molecular weight is 280 g/mol. The summed E-state index contributed by atoms with van der Waals surface area (Å²) in [6.45, 7) is 4.87. The van der Waals surface area contributed by atoms with Crippen LogP contribution in [0.3, 0.4) is 0 Å². The van der Waals surface area contributed by atoms with E-state index in [0.29, 0.717) is 13.1 Å². The van der Waals surface area contributed by atoms with Gasteiger partial charge in [0.2, 0.25) is 0 Å². The van der Waals surface area contributed by atoms with Gasteiger partial charge in [-0.3, -0.25) is 0 Å². The number of nitrogens with one attached hydrogen (secondary N) is 1. The third-order valence-electron chi connectivity index (χ3n) is 2.77. The van der Waals surface area contributed by atoms with Gasteiger partial charge < -0.3 is 20.1 Å². The van der Waals surface area contributed by atoms with Gasteiger partial charge in [0.05, 0.1) is 12.7 Å². The summed E-state index contributed by atoms with van der Waals surface area (Å²) in [5.74, 6) is 0.857. The van der Waals surface area contributed by atoms with E-state index in [-0.39, 0.29) is 18.7 Å². The molecule has 0 fully saturated rings. The Morgan fingerprint density at radius 2 is 2.00 bits per heavy atom. The standard InChI is InChI=1S/C15H24N2O3/c1-12(2)20-14-6-4-13(5-7-14)8-9-16-15(19)17(3)10-11-18/h4-7,12,18H,8-11H2,1-3H3,(H,16,19). The molecule has 0 aliphatic heterocycles. The van der Waals surface area contributed by atoms with Gasteiger partial charge in [0.15, 0.2) is 0 Å². The quantitative estimate of drug-likeness (QED) is 0.798. The van der Waals surface area contributed by atoms with Gasteiger partial charge in [-0.25, -0.2) is 4.79 Å². The zero-order chi connectivity index (χ0) is 15.0. The number of hydrogen-bond donors (Lipinski definition) is 2. The molecule has 0 bridgehead atoms. The molecule has 5 nitrogen and oxygen atoms in total. The number of carbonyl (C=O) groups excluding carboxylic acids is 1. The van der Waals surface area contributed by atoms with Gasteiger partial charge in [-0.15, -0.1) is 0 Å². The number of aliphatic hydroxyl groups is 1. The highest BCUT2D eigenvalue weighted by atomic mass is 16.5. The van der Waals surface area contributed by atoms with Crippen LogP contribution in [0.25, 0.3) is 0 Å². The molecule has 0 radical (unpaired) electrons. The highest BCUT2D eigenvalue weighted by Gasteiger charge is 2.06. The molecule has 0 spiro atoms. The second-order valence-electron chi connectivity index (χ2n) is 4.94. The van der Waals surface area contributed by atoms with Crippen LogP contribution in [0.1, 0.15) is 19.4 Å². The van der Waals surface area contributed by atoms with Crippen molar-refractivity contribution in [2.45, 2.75) is 26.4 Å². The number of nitrogens with zero attached hydrogens (tertiary/aromatic N) is 1. The van der Waals surface area contributed by atoms with E-state index in [9.17, 15) is 4.79 Å². The number of hydrogen-bond acceptors (Lipinski definition) is 3. The van der Waals surface area contributed by atoms with Crippen molar-refractivity contribution in [2.24, 2.45) is 0 Å². The SMILES string of the molecule is CC(C)Oc1ccc(CCNC(=O)N(C)CCO)cc1. The van der Waals surface area contributed by atoms with Crippen LogP contribution in [0.15, 0.2) is 24.3 Å². The molecular weight excluding hydrogens is 256 g/mol. The summed E-state index contributed by atoms with van der Waals surface area (Å²) < 4.78 is 5.57. The van der Waals surface area contributed by atoms with Crippen LogP contribution in [0.2, 0.25) is 0 Å². The summed E-state index contributed by atoms with van der Waals surface area (Å²) in [7, 11) is 1.66. The van der Waals surface area contributed by atoms with E-state index in [1.807, 2.05) is 38.1 Å². The van der Waals surface area contributed by atoms with E-state index in [1.165, 1.54) is 4.90 Å². The van der Waals surface area contributed by atoms with Crippen LogP contribution in [0, 0.1) is 0 Å². The molecule has 0 atom stereocenters. The monoisotopic (exact) mass is 280 g/mol. The topological polar surface area (TPSA) is 61.8 Å². The molecule has 1 rings (SSSR count). The molecule has 0 aliphatic rings. The molecule has 1 aromatic carbocycles. The van der Waals surface area contributed by atoms with Crippen molar-refractivity contribution in [1.82, 2.24) is 10.2 Å². The van der Waals surface area contributed by atoms with Gasteiger partial charge in [0.1, 0.15) is 5.75 Å². The molecule has 5 heteroatoms. The molecule has 2 N–H and O–H groups in total. The minimum absolute atomic E-state index is 0.0266. The van der Waals surface area contributed by atoms with Gasteiger partial charge in [-0.1, -0.05) is 12.1 Å². The van der Waals surface area contributed by atoms with Gasteiger partial charge in [0.25, 0.3) is 0 Å². The van der Waals surface area contributed by atoms with Gasteiger partial charge >= 0.3 is 6.03 Å². The molecule has 0 saturated carbocycles. The predicted octanol–water partition coefficient (Wildman–Crippen LogP) is 1.65. The first-order valence-electron chi connectivity index (χ1n) is 6.88. The third-order valence-corrected chi connectivity index (χ3v) is 2.77. The van der Waals surface area contributed by atoms with Crippen LogP contribution in [-0.2, 0) is 6.42 Å². The number of rotatable bonds is 7. The lowest BCUT2D eigenvalue weighted by Gasteiger charge is -2.16. The van der Waals surface area contributed by atoms with Gasteiger partial charge in [0, 0.05) is 20.1 Å². The molecular formula is C15H24N2O3. The number of benzene rings is 1. The molecule has 0 unspecified atom stereocenters. The maximum absolute atomic E-state index is 11.6. The van der Waals surface area contributed by atoms with Crippen molar-refractivity contribution >= 4 is 6.03 Å². The number of aliphatic hydroxyl groups excluding tert-OH is 1. The number of carbonyl (C=O) groups is 1. The lowest BCUT2D eigenvalue weighted by Crippen LogP contribution is -2.39. The summed E-state index contributed by atoms with van der Waals surface area (Å²) >= 11 is 0.